The lowest BCUT2D eigenvalue weighted by Gasteiger charge is -2.07. The van der Waals surface area contributed by atoms with E-state index in [1.807, 2.05) is 6.92 Å². The predicted octanol–water partition coefficient (Wildman–Crippen LogP) is 3.70. The van der Waals surface area contributed by atoms with Crippen LogP contribution in [0.15, 0.2) is 18.2 Å². The third-order valence-corrected chi connectivity index (χ3v) is 2.59. The molecule has 6 heteroatoms. The zero-order valence-electron chi connectivity index (χ0n) is 11.2. The van der Waals surface area contributed by atoms with Gasteiger partial charge in [0.1, 0.15) is 0 Å². The summed E-state index contributed by atoms with van der Waals surface area (Å²) in [6, 6.07) is 3.65. The quantitative estimate of drug-likeness (QED) is 0.541. The number of hydrogen-bond acceptors (Lipinski definition) is 3. The molecule has 1 aromatic rings. The molecule has 0 aliphatic carbocycles. The van der Waals surface area contributed by atoms with Crippen molar-refractivity contribution in [3.05, 3.63) is 29.6 Å². The van der Waals surface area contributed by atoms with Gasteiger partial charge in [-0.1, -0.05) is 19.4 Å². The number of aryl methyl sites for hydroxylation is 1. The van der Waals surface area contributed by atoms with E-state index in [2.05, 4.69) is 4.74 Å². The number of benzene rings is 1. The molecule has 3 nitrogen and oxygen atoms in total. The third-order valence-electron chi connectivity index (χ3n) is 2.59. The fourth-order valence-electron chi connectivity index (χ4n) is 1.54. The maximum atomic E-state index is 13.4. The molecule has 0 unspecified atom stereocenters. The molecular formula is C14H17F3O3. The highest BCUT2D eigenvalue weighted by molar-refractivity contribution is 5.69. The lowest BCUT2D eigenvalue weighted by Crippen LogP contribution is -2.07. The van der Waals surface area contributed by atoms with Crippen LogP contribution in [-0.4, -0.2) is 19.2 Å². The Morgan fingerprint density at radius 1 is 1.35 bits per heavy atom. The van der Waals surface area contributed by atoms with Crippen molar-refractivity contribution in [3.8, 4) is 5.75 Å². The van der Waals surface area contributed by atoms with Crippen LogP contribution in [0.3, 0.4) is 0 Å². The van der Waals surface area contributed by atoms with Crippen LogP contribution < -0.4 is 4.74 Å². The fraction of sp³-hybridized carbons (Fsp3) is 0.500. The number of esters is 1. The molecule has 0 amide bonds. The molecule has 1 rings (SSSR count). The molecule has 0 fully saturated rings. The van der Waals surface area contributed by atoms with E-state index in [4.69, 9.17) is 4.74 Å². The number of carbonyl (C=O) groups is 1. The molecule has 0 aliphatic rings. The Hall–Kier alpha value is -1.72. The van der Waals surface area contributed by atoms with Crippen molar-refractivity contribution in [3.63, 3.8) is 0 Å². The average molecular weight is 290 g/mol. The molecule has 0 aliphatic heterocycles. The molecule has 1 aromatic carbocycles. The third kappa shape index (κ3) is 5.95. The van der Waals surface area contributed by atoms with Crippen LogP contribution in [0.2, 0.25) is 0 Å². The second-order valence-electron chi connectivity index (χ2n) is 4.22. The summed E-state index contributed by atoms with van der Waals surface area (Å²) in [5.41, 5.74) is 0.525. The highest BCUT2D eigenvalue weighted by atomic mass is 19.3. The molecular weight excluding hydrogens is 273 g/mol. The molecule has 0 radical (unpaired) electrons. The van der Waals surface area contributed by atoms with E-state index < -0.39 is 18.2 Å². The lowest BCUT2D eigenvalue weighted by molar-refractivity contribution is -0.143. The van der Waals surface area contributed by atoms with Gasteiger partial charge < -0.3 is 9.47 Å². The second kappa shape index (κ2) is 8.45. The van der Waals surface area contributed by atoms with E-state index in [0.29, 0.717) is 12.2 Å². The van der Waals surface area contributed by atoms with Crippen LogP contribution in [0.4, 0.5) is 13.2 Å². The minimum Gasteiger partial charge on any atom is -0.466 e. The van der Waals surface area contributed by atoms with E-state index in [0.717, 1.165) is 25.0 Å². The Kier molecular flexibility index (Phi) is 6.90. The maximum Gasteiger partial charge on any atom is 0.387 e. The van der Waals surface area contributed by atoms with Gasteiger partial charge in [-0.3, -0.25) is 4.79 Å². The summed E-state index contributed by atoms with van der Waals surface area (Å²) in [5.74, 6) is -1.73. The summed E-state index contributed by atoms with van der Waals surface area (Å²) < 4.78 is 46.3. The molecule has 0 atom stereocenters. The Balaban J connectivity index is 2.45. The summed E-state index contributed by atoms with van der Waals surface area (Å²) in [4.78, 5) is 11.3. The highest BCUT2D eigenvalue weighted by Gasteiger charge is 2.11. The molecule has 0 N–H and O–H groups in total. The van der Waals surface area contributed by atoms with Gasteiger partial charge in [0.25, 0.3) is 0 Å². The first-order chi connectivity index (χ1) is 9.52. The number of rotatable bonds is 8. The van der Waals surface area contributed by atoms with Crippen molar-refractivity contribution in [2.75, 3.05) is 6.61 Å². The highest BCUT2D eigenvalue weighted by Crippen LogP contribution is 2.21. The SMILES string of the molecule is CCCCOC(=O)CCc1ccc(OC(F)F)c(F)c1. The molecule has 20 heavy (non-hydrogen) atoms. The number of hydrogen-bond donors (Lipinski definition) is 0. The summed E-state index contributed by atoms with van der Waals surface area (Å²) in [7, 11) is 0. The smallest absolute Gasteiger partial charge is 0.387 e. The van der Waals surface area contributed by atoms with Gasteiger partial charge in [-0.2, -0.15) is 8.78 Å². The monoisotopic (exact) mass is 290 g/mol. The zero-order valence-corrected chi connectivity index (χ0v) is 11.2. The van der Waals surface area contributed by atoms with E-state index in [-0.39, 0.29) is 18.8 Å². The van der Waals surface area contributed by atoms with E-state index >= 15 is 0 Å². The Morgan fingerprint density at radius 2 is 2.10 bits per heavy atom. The number of ether oxygens (including phenoxy) is 2. The van der Waals surface area contributed by atoms with Crippen LogP contribution in [0.5, 0.6) is 5.75 Å². The lowest BCUT2D eigenvalue weighted by atomic mass is 10.1. The van der Waals surface area contributed by atoms with Gasteiger partial charge in [0.15, 0.2) is 11.6 Å². The topological polar surface area (TPSA) is 35.5 Å². The number of carbonyl (C=O) groups excluding carboxylic acids is 1. The van der Waals surface area contributed by atoms with Crippen LogP contribution >= 0.6 is 0 Å². The maximum absolute atomic E-state index is 13.4. The van der Waals surface area contributed by atoms with E-state index in [1.54, 1.807) is 0 Å². The minimum atomic E-state index is -3.07. The van der Waals surface area contributed by atoms with Gasteiger partial charge in [0.05, 0.1) is 6.61 Å². The Bertz CT molecular complexity index is 436. The van der Waals surface area contributed by atoms with Crippen molar-refractivity contribution in [2.24, 2.45) is 0 Å². The van der Waals surface area contributed by atoms with E-state index in [9.17, 15) is 18.0 Å². The van der Waals surface area contributed by atoms with Gasteiger partial charge in [-0.05, 0) is 30.5 Å². The first-order valence-corrected chi connectivity index (χ1v) is 6.41. The van der Waals surface area contributed by atoms with E-state index in [1.165, 1.54) is 6.07 Å². The first kappa shape index (κ1) is 16.3. The normalized spacial score (nSPS) is 10.7. The van der Waals surface area contributed by atoms with Crippen molar-refractivity contribution >= 4 is 5.97 Å². The van der Waals surface area contributed by atoms with Crippen molar-refractivity contribution in [1.29, 1.82) is 0 Å². The zero-order chi connectivity index (χ0) is 15.0. The van der Waals surface area contributed by atoms with Crippen molar-refractivity contribution in [1.82, 2.24) is 0 Å². The van der Waals surface area contributed by atoms with Gasteiger partial charge in [0, 0.05) is 6.42 Å². The Morgan fingerprint density at radius 3 is 2.70 bits per heavy atom. The van der Waals surface area contributed by atoms with Crippen LogP contribution in [0, 0.1) is 5.82 Å². The largest absolute Gasteiger partial charge is 0.466 e. The predicted molar refractivity (Wildman–Crippen MR) is 67.2 cm³/mol. The summed E-state index contributed by atoms with van der Waals surface area (Å²) >= 11 is 0. The van der Waals surface area contributed by atoms with Crippen molar-refractivity contribution in [2.45, 2.75) is 39.2 Å². The minimum absolute atomic E-state index is 0.123. The van der Waals surface area contributed by atoms with Crippen LogP contribution in [0.25, 0.3) is 0 Å². The number of unbranched alkanes of at least 4 members (excludes halogenated alkanes) is 1. The molecule has 0 saturated heterocycles. The standard InChI is InChI=1S/C14H17F3O3/c1-2-3-8-19-13(18)7-5-10-4-6-12(11(15)9-10)20-14(16)17/h4,6,9,14H,2-3,5,7-8H2,1H3. The first-order valence-electron chi connectivity index (χ1n) is 6.41. The van der Waals surface area contributed by atoms with Crippen LogP contribution in [0.1, 0.15) is 31.7 Å². The average Bonchev–Trinajstić information content (AvgIpc) is 2.39. The van der Waals surface area contributed by atoms with Gasteiger partial charge in [-0.15, -0.1) is 0 Å². The van der Waals surface area contributed by atoms with Crippen molar-refractivity contribution < 1.29 is 27.4 Å². The molecule has 0 spiro atoms. The second-order valence-corrected chi connectivity index (χ2v) is 4.22. The molecule has 0 bridgehead atoms. The number of halogens is 3. The number of alkyl halides is 2. The molecule has 0 saturated carbocycles. The van der Waals surface area contributed by atoms with Gasteiger partial charge >= 0.3 is 12.6 Å². The van der Waals surface area contributed by atoms with Gasteiger partial charge in [0.2, 0.25) is 0 Å². The summed E-state index contributed by atoms with van der Waals surface area (Å²) in [5, 5.41) is 0. The molecule has 112 valence electrons. The summed E-state index contributed by atoms with van der Waals surface area (Å²) in [6.45, 7) is -0.700. The van der Waals surface area contributed by atoms with Gasteiger partial charge in [-0.25, -0.2) is 4.39 Å². The molecule has 0 heterocycles. The fourth-order valence-corrected chi connectivity index (χ4v) is 1.54. The van der Waals surface area contributed by atoms with Crippen LogP contribution in [-0.2, 0) is 16.0 Å². The summed E-state index contributed by atoms with van der Waals surface area (Å²) in [6.07, 6.45) is 2.15. The molecule has 0 aromatic heterocycles. The Labute approximate surface area is 115 Å².